The van der Waals surface area contributed by atoms with E-state index < -0.39 is 35.4 Å². The van der Waals surface area contributed by atoms with Gasteiger partial charge in [-0.25, -0.2) is 0 Å². The summed E-state index contributed by atoms with van der Waals surface area (Å²) >= 11 is 9.38. The second-order valence-corrected chi connectivity index (χ2v) is 6.90. The highest BCUT2D eigenvalue weighted by Crippen LogP contribution is 2.47. The Morgan fingerprint density at radius 1 is 1.45 bits per heavy atom. The maximum Gasteiger partial charge on any atom is 0.310 e. The molecule has 7 heteroatoms. The van der Waals surface area contributed by atoms with Crippen LogP contribution in [-0.2, 0) is 14.3 Å². The van der Waals surface area contributed by atoms with E-state index in [9.17, 15) is 14.7 Å². The second-order valence-electron chi connectivity index (χ2n) is 5.58. The van der Waals surface area contributed by atoms with Crippen molar-refractivity contribution in [3.05, 3.63) is 39.8 Å². The van der Waals surface area contributed by atoms with Crippen LogP contribution < -0.4 is 5.32 Å². The topological polar surface area (TPSA) is 75.6 Å². The van der Waals surface area contributed by atoms with Crippen LogP contribution in [-0.4, -0.2) is 28.7 Å². The number of fused-ring (bicyclic) bond motifs is 2. The minimum atomic E-state index is -1.04. The van der Waals surface area contributed by atoms with Gasteiger partial charge in [0.15, 0.2) is 0 Å². The Labute approximate surface area is 140 Å². The molecule has 2 heterocycles. The van der Waals surface area contributed by atoms with Crippen molar-refractivity contribution in [3.8, 4) is 0 Å². The zero-order valence-electron chi connectivity index (χ0n) is 11.5. The number of amides is 1. The largest absolute Gasteiger partial charge is 0.481 e. The Morgan fingerprint density at radius 3 is 2.82 bits per heavy atom. The van der Waals surface area contributed by atoms with Gasteiger partial charge in [0.05, 0.1) is 28.3 Å². The third-order valence-corrected chi connectivity index (χ3v) is 4.90. The van der Waals surface area contributed by atoms with Crippen molar-refractivity contribution in [2.75, 3.05) is 5.32 Å². The highest BCUT2D eigenvalue weighted by Gasteiger charge is 2.59. The highest BCUT2D eigenvalue weighted by molar-refractivity contribution is 9.10. The summed E-state index contributed by atoms with van der Waals surface area (Å²) in [5.41, 5.74) is -0.464. The SMILES string of the molecule is C[C@@]12C=C[C@@H](O1)[C@H](C(=O)O)[C@@H]2C(=O)Nc1ccc(Br)cc1Cl. The van der Waals surface area contributed by atoms with E-state index in [0.717, 1.165) is 4.47 Å². The molecule has 1 fully saturated rings. The van der Waals surface area contributed by atoms with E-state index in [1.807, 2.05) is 0 Å². The molecule has 5 nitrogen and oxygen atoms in total. The van der Waals surface area contributed by atoms with Crippen LogP contribution in [0.2, 0.25) is 5.02 Å². The standard InChI is InChI=1S/C15H13BrClNO4/c1-15-5-4-10(22-15)11(14(20)21)12(15)13(19)18-9-3-2-7(16)6-8(9)17/h2-6,10-12H,1H3,(H,18,19)(H,20,21)/t10-,11+,12-,15+/m1/s1. The number of halogens is 2. The van der Waals surface area contributed by atoms with Crippen LogP contribution >= 0.6 is 27.5 Å². The Hall–Kier alpha value is -1.37. The van der Waals surface area contributed by atoms with Crippen molar-refractivity contribution in [2.45, 2.75) is 18.6 Å². The summed E-state index contributed by atoms with van der Waals surface area (Å²) in [4.78, 5) is 24.1. The molecule has 2 bridgehead atoms. The van der Waals surface area contributed by atoms with Crippen LogP contribution in [0.25, 0.3) is 0 Å². The molecule has 4 atom stereocenters. The highest BCUT2D eigenvalue weighted by atomic mass is 79.9. The van der Waals surface area contributed by atoms with Crippen molar-refractivity contribution in [1.29, 1.82) is 0 Å². The Kier molecular flexibility index (Phi) is 3.79. The van der Waals surface area contributed by atoms with Gasteiger partial charge in [0.2, 0.25) is 5.91 Å². The number of hydrogen-bond donors (Lipinski definition) is 2. The average molecular weight is 387 g/mol. The van der Waals surface area contributed by atoms with Crippen LogP contribution in [0.15, 0.2) is 34.8 Å². The Morgan fingerprint density at radius 2 is 2.18 bits per heavy atom. The number of carbonyl (C=O) groups is 2. The molecule has 1 aromatic carbocycles. The maximum absolute atomic E-state index is 12.6. The fourth-order valence-corrected chi connectivity index (χ4v) is 3.80. The molecule has 2 aliphatic rings. The van der Waals surface area contributed by atoms with Gasteiger partial charge in [-0.1, -0.05) is 39.7 Å². The molecule has 0 radical (unpaired) electrons. The van der Waals surface area contributed by atoms with E-state index in [-0.39, 0.29) is 0 Å². The molecule has 1 aromatic rings. The van der Waals surface area contributed by atoms with Gasteiger partial charge in [0.1, 0.15) is 5.92 Å². The average Bonchev–Trinajstić information content (AvgIpc) is 2.94. The molecule has 1 amide bonds. The summed E-state index contributed by atoms with van der Waals surface area (Å²) in [7, 11) is 0. The number of carboxylic acid groups (broad SMARTS) is 1. The third kappa shape index (κ3) is 2.45. The first kappa shape index (κ1) is 15.5. The van der Waals surface area contributed by atoms with Gasteiger partial charge in [0.25, 0.3) is 0 Å². The summed E-state index contributed by atoms with van der Waals surface area (Å²) in [5.74, 6) is -3.16. The Bertz CT molecular complexity index is 692. The number of nitrogens with one attached hydrogen (secondary N) is 1. The number of ether oxygens (including phenoxy) is 1. The number of rotatable bonds is 3. The number of aliphatic carboxylic acids is 1. The maximum atomic E-state index is 12.6. The lowest BCUT2D eigenvalue weighted by atomic mass is 9.75. The summed E-state index contributed by atoms with van der Waals surface area (Å²) in [5, 5.41) is 12.5. The molecule has 0 saturated carbocycles. The monoisotopic (exact) mass is 385 g/mol. The third-order valence-electron chi connectivity index (χ3n) is 4.09. The lowest BCUT2D eigenvalue weighted by Gasteiger charge is -2.28. The zero-order chi connectivity index (χ0) is 16.1. The van der Waals surface area contributed by atoms with E-state index in [4.69, 9.17) is 16.3 Å². The molecule has 0 spiro atoms. The van der Waals surface area contributed by atoms with E-state index >= 15 is 0 Å². The Balaban J connectivity index is 1.88. The smallest absolute Gasteiger partial charge is 0.310 e. The summed E-state index contributed by atoms with van der Waals surface area (Å²) in [6, 6.07) is 5.06. The minimum absolute atomic E-state index is 0.374. The predicted molar refractivity (Wildman–Crippen MR) is 84.8 cm³/mol. The lowest BCUT2D eigenvalue weighted by Crippen LogP contribution is -2.44. The molecule has 116 valence electrons. The first-order valence-electron chi connectivity index (χ1n) is 6.68. The van der Waals surface area contributed by atoms with Crippen LogP contribution in [0, 0.1) is 11.8 Å². The molecule has 0 unspecified atom stereocenters. The molecular weight excluding hydrogens is 374 g/mol. The summed E-state index contributed by atoms with van der Waals surface area (Å²) < 4.78 is 6.45. The molecule has 2 N–H and O–H groups in total. The van der Waals surface area contributed by atoms with Gasteiger partial charge in [-0.15, -0.1) is 0 Å². The zero-order valence-corrected chi connectivity index (χ0v) is 13.9. The van der Waals surface area contributed by atoms with Gasteiger partial charge in [-0.2, -0.15) is 0 Å². The van der Waals surface area contributed by atoms with Crippen molar-refractivity contribution < 1.29 is 19.4 Å². The molecule has 0 aromatic heterocycles. The number of benzene rings is 1. The predicted octanol–water partition coefficient (Wildman–Crippen LogP) is 3.09. The van der Waals surface area contributed by atoms with Gasteiger partial charge in [0, 0.05) is 4.47 Å². The number of carbonyl (C=O) groups excluding carboxylic acids is 1. The lowest BCUT2D eigenvalue weighted by molar-refractivity contribution is -0.146. The quantitative estimate of drug-likeness (QED) is 0.783. The van der Waals surface area contributed by atoms with E-state index in [1.54, 1.807) is 37.3 Å². The summed E-state index contributed by atoms with van der Waals surface area (Å²) in [6.45, 7) is 1.72. The number of carboxylic acids is 1. The first-order valence-corrected chi connectivity index (χ1v) is 7.85. The van der Waals surface area contributed by atoms with Crippen LogP contribution in [0.3, 0.4) is 0 Å². The second kappa shape index (κ2) is 5.37. The van der Waals surface area contributed by atoms with E-state index in [1.165, 1.54) is 0 Å². The molecule has 3 rings (SSSR count). The summed E-state index contributed by atoms with van der Waals surface area (Å²) in [6.07, 6.45) is 2.89. The van der Waals surface area contributed by atoms with Crippen molar-refractivity contribution >= 4 is 45.1 Å². The number of hydrogen-bond acceptors (Lipinski definition) is 3. The molecule has 0 aliphatic carbocycles. The van der Waals surface area contributed by atoms with Crippen molar-refractivity contribution in [2.24, 2.45) is 11.8 Å². The van der Waals surface area contributed by atoms with Gasteiger partial charge >= 0.3 is 5.97 Å². The number of anilines is 1. The van der Waals surface area contributed by atoms with E-state index in [0.29, 0.717) is 10.7 Å². The molecule has 2 aliphatic heterocycles. The first-order chi connectivity index (χ1) is 10.3. The minimum Gasteiger partial charge on any atom is -0.481 e. The molecule has 22 heavy (non-hydrogen) atoms. The van der Waals surface area contributed by atoms with Crippen LogP contribution in [0.4, 0.5) is 5.69 Å². The van der Waals surface area contributed by atoms with Crippen LogP contribution in [0.1, 0.15) is 6.92 Å². The molecular formula is C15H13BrClNO4. The van der Waals surface area contributed by atoms with E-state index in [2.05, 4.69) is 21.2 Å². The molecule has 1 saturated heterocycles. The van der Waals surface area contributed by atoms with Crippen LogP contribution in [0.5, 0.6) is 0 Å². The van der Waals surface area contributed by atoms with Gasteiger partial charge < -0.3 is 15.2 Å². The van der Waals surface area contributed by atoms with Crippen molar-refractivity contribution in [1.82, 2.24) is 0 Å². The fourth-order valence-electron chi connectivity index (χ4n) is 3.08. The fraction of sp³-hybridized carbons (Fsp3) is 0.333. The normalized spacial score (nSPS) is 32.2. The van der Waals surface area contributed by atoms with Gasteiger partial charge in [-0.3, -0.25) is 9.59 Å². The van der Waals surface area contributed by atoms with Crippen molar-refractivity contribution in [3.63, 3.8) is 0 Å². The van der Waals surface area contributed by atoms with Gasteiger partial charge in [-0.05, 0) is 25.1 Å².